The lowest BCUT2D eigenvalue weighted by Crippen LogP contribution is -2.08. The first-order valence-electron chi connectivity index (χ1n) is 6.98. The van der Waals surface area contributed by atoms with Crippen molar-refractivity contribution in [2.45, 2.75) is 0 Å². The minimum Gasteiger partial charge on any atom is -0.497 e. The Bertz CT molecular complexity index is 745. The summed E-state index contributed by atoms with van der Waals surface area (Å²) in [5, 5.41) is 0. The number of carbonyl (C=O) groups excluding carboxylic acids is 1. The Morgan fingerprint density at radius 3 is 2.45 bits per heavy atom. The first-order chi connectivity index (χ1) is 10.6. The quantitative estimate of drug-likeness (QED) is 0.814. The summed E-state index contributed by atoms with van der Waals surface area (Å²) in [4.78, 5) is 14.4. The molecule has 0 N–H and O–H groups in total. The van der Waals surface area contributed by atoms with Gasteiger partial charge in [0.25, 0.3) is 0 Å². The van der Waals surface area contributed by atoms with Gasteiger partial charge in [0.05, 0.1) is 12.7 Å². The molecule has 0 saturated carbocycles. The zero-order valence-electron chi connectivity index (χ0n) is 12.8. The molecule has 2 aromatic carbocycles. The number of methoxy groups -OCH3 is 1. The molecule has 3 rings (SSSR count). The molecule has 0 spiro atoms. The highest BCUT2D eigenvalue weighted by Gasteiger charge is 2.27. The number of benzene rings is 2. The highest BCUT2D eigenvalue weighted by molar-refractivity contribution is 6.14. The van der Waals surface area contributed by atoms with Crippen LogP contribution in [0.4, 0.5) is 5.69 Å². The predicted octanol–water partition coefficient (Wildman–Crippen LogP) is 3.38. The van der Waals surface area contributed by atoms with Gasteiger partial charge >= 0.3 is 0 Å². The third-order valence-electron chi connectivity index (χ3n) is 3.58. The molecule has 1 aliphatic heterocycles. The van der Waals surface area contributed by atoms with Crippen molar-refractivity contribution in [2.75, 3.05) is 26.1 Å². The Balaban J connectivity index is 1.88. The summed E-state index contributed by atoms with van der Waals surface area (Å²) in [7, 11) is 5.56. The van der Waals surface area contributed by atoms with E-state index >= 15 is 0 Å². The van der Waals surface area contributed by atoms with Crippen LogP contribution in [0, 0.1) is 0 Å². The summed E-state index contributed by atoms with van der Waals surface area (Å²) >= 11 is 0. The van der Waals surface area contributed by atoms with E-state index in [9.17, 15) is 4.79 Å². The summed E-state index contributed by atoms with van der Waals surface area (Å²) in [6, 6.07) is 13.1. The third-order valence-corrected chi connectivity index (χ3v) is 3.58. The smallest absolute Gasteiger partial charge is 0.231 e. The average Bonchev–Trinajstić information content (AvgIpc) is 2.83. The van der Waals surface area contributed by atoms with Crippen LogP contribution in [0.25, 0.3) is 6.08 Å². The largest absolute Gasteiger partial charge is 0.497 e. The lowest BCUT2D eigenvalue weighted by Gasteiger charge is -2.11. The van der Waals surface area contributed by atoms with E-state index in [1.165, 1.54) is 0 Å². The van der Waals surface area contributed by atoms with Crippen molar-refractivity contribution >= 4 is 17.5 Å². The fourth-order valence-corrected chi connectivity index (χ4v) is 2.31. The molecule has 1 aliphatic rings. The number of hydrogen-bond donors (Lipinski definition) is 0. The molecule has 4 heteroatoms. The van der Waals surface area contributed by atoms with Crippen LogP contribution >= 0.6 is 0 Å². The summed E-state index contributed by atoms with van der Waals surface area (Å²) in [5.41, 5.74) is 2.60. The van der Waals surface area contributed by atoms with Gasteiger partial charge in [-0.1, -0.05) is 12.1 Å². The number of ketones is 1. The van der Waals surface area contributed by atoms with Crippen LogP contribution in [0.5, 0.6) is 11.5 Å². The molecule has 0 unspecified atom stereocenters. The van der Waals surface area contributed by atoms with Gasteiger partial charge in [-0.05, 0) is 35.9 Å². The van der Waals surface area contributed by atoms with Crippen molar-refractivity contribution < 1.29 is 14.3 Å². The Kier molecular flexibility index (Phi) is 3.59. The topological polar surface area (TPSA) is 38.8 Å². The molecule has 2 aromatic rings. The van der Waals surface area contributed by atoms with Gasteiger partial charge in [-0.15, -0.1) is 0 Å². The van der Waals surface area contributed by atoms with E-state index < -0.39 is 0 Å². The van der Waals surface area contributed by atoms with Crippen LogP contribution in [-0.4, -0.2) is 27.0 Å². The molecule has 112 valence electrons. The van der Waals surface area contributed by atoms with Crippen molar-refractivity contribution in [3.8, 4) is 11.5 Å². The van der Waals surface area contributed by atoms with Gasteiger partial charge < -0.3 is 14.4 Å². The second kappa shape index (κ2) is 5.56. The van der Waals surface area contributed by atoms with E-state index in [0.29, 0.717) is 22.8 Å². The molecule has 0 radical (unpaired) electrons. The fraction of sp³-hybridized carbons (Fsp3) is 0.167. The molecular formula is C18H17NO3. The molecule has 1 heterocycles. The molecule has 0 bridgehead atoms. The Hall–Kier alpha value is -2.75. The van der Waals surface area contributed by atoms with Gasteiger partial charge in [0.2, 0.25) is 5.78 Å². The van der Waals surface area contributed by atoms with Crippen molar-refractivity contribution in [1.29, 1.82) is 0 Å². The maximum Gasteiger partial charge on any atom is 0.231 e. The van der Waals surface area contributed by atoms with Crippen LogP contribution in [-0.2, 0) is 0 Å². The summed E-state index contributed by atoms with van der Waals surface area (Å²) in [6.45, 7) is 0. The number of carbonyl (C=O) groups is 1. The third kappa shape index (κ3) is 2.55. The first-order valence-corrected chi connectivity index (χ1v) is 6.98. The Labute approximate surface area is 129 Å². The molecule has 0 aliphatic carbocycles. The number of rotatable bonds is 3. The number of nitrogens with zero attached hydrogens (tertiary/aromatic N) is 1. The van der Waals surface area contributed by atoms with Crippen LogP contribution in [0.1, 0.15) is 15.9 Å². The number of fused-ring (bicyclic) bond motifs is 1. The minimum absolute atomic E-state index is 0.102. The van der Waals surface area contributed by atoms with Crippen molar-refractivity contribution in [2.24, 2.45) is 0 Å². The van der Waals surface area contributed by atoms with Crippen molar-refractivity contribution in [3.63, 3.8) is 0 Å². The van der Waals surface area contributed by atoms with E-state index in [2.05, 4.69) is 0 Å². The van der Waals surface area contributed by atoms with Gasteiger partial charge in [0.1, 0.15) is 11.5 Å². The standard InChI is InChI=1S/C18H17NO3/c1-19(2)13-6-4-12(5-7-13)10-17-18(20)15-9-8-14(21-3)11-16(15)22-17/h4-11H,1-3H3. The summed E-state index contributed by atoms with van der Waals surface area (Å²) in [6.07, 6.45) is 1.76. The summed E-state index contributed by atoms with van der Waals surface area (Å²) < 4.78 is 10.8. The molecule has 4 nitrogen and oxygen atoms in total. The van der Waals surface area contributed by atoms with Crippen LogP contribution in [0.2, 0.25) is 0 Å². The second-order valence-corrected chi connectivity index (χ2v) is 5.29. The Morgan fingerprint density at radius 2 is 1.82 bits per heavy atom. The lowest BCUT2D eigenvalue weighted by molar-refractivity contribution is 0.101. The van der Waals surface area contributed by atoms with E-state index in [1.54, 1.807) is 31.4 Å². The van der Waals surface area contributed by atoms with E-state index in [1.807, 2.05) is 43.3 Å². The van der Waals surface area contributed by atoms with Crippen molar-refractivity contribution in [1.82, 2.24) is 0 Å². The molecular weight excluding hydrogens is 278 g/mol. The molecule has 0 amide bonds. The highest BCUT2D eigenvalue weighted by Crippen LogP contribution is 2.34. The second-order valence-electron chi connectivity index (χ2n) is 5.29. The highest BCUT2D eigenvalue weighted by atomic mass is 16.5. The van der Waals surface area contributed by atoms with Gasteiger partial charge in [0, 0.05) is 25.8 Å². The van der Waals surface area contributed by atoms with E-state index in [-0.39, 0.29) is 5.78 Å². The van der Waals surface area contributed by atoms with Crippen LogP contribution < -0.4 is 14.4 Å². The maximum atomic E-state index is 12.3. The predicted molar refractivity (Wildman–Crippen MR) is 86.7 cm³/mol. The van der Waals surface area contributed by atoms with E-state index in [0.717, 1.165) is 11.3 Å². The van der Waals surface area contributed by atoms with Crippen LogP contribution in [0.3, 0.4) is 0 Å². The minimum atomic E-state index is -0.102. The van der Waals surface area contributed by atoms with E-state index in [4.69, 9.17) is 9.47 Å². The monoisotopic (exact) mass is 295 g/mol. The van der Waals surface area contributed by atoms with Gasteiger partial charge in [-0.3, -0.25) is 4.79 Å². The summed E-state index contributed by atoms with van der Waals surface area (Å²) in [5.74, 6) is 1.44. The fourth-order valence-electron chi connectivity index (χ4n) is 2.31. The number of Topliss-reactive ketones (excluding diaryl/α,β-unsaturated/α-hetero) is 1. The number of hydrogen-bond acceptors (Lipinski definition) is 4. The lowest BCUT2D eigenvalue weighted by atomic mass is 10.1. The van der Waals surface area contributed by atoms with Gasteiger partial charge in [-0.2, -0.15) is 0 Å². The zero-order valence-corrected chi connectivity index (χ0v) is 12.8. The number of allylic oxidation sites excluding steroid dienone is 1. The first kappa shape index (κ1) is 14.2. The number of ether oxygens (including phenoxy) is 2. The SMILES string of the molecule is COc1ccc2c(c1)OC(=Cc1ccc(N(C)C)cc1)C2=O. The molecule has 22 heavy (non-hydrogen) atoms. The molecule has 0 fully saturated rings. The number of anilines is 1. The van der Waals surface area contributed by atoms with Crippen molar-refractivity contribution in [3.05, 3.63) is 59.4 Å². The molecule has 0 atom stereocenters. The van der Waals surface area contributed by atoms with Gasteiger partial charge in [0.15, 0.2) is 5.76 Å². The Morgan fingerprint density at radius 1 is 1.09 bits per heavy atom. The average molecular weight is 295 g/mol. The van der Waals surface area contributed by atoms with Crippen LogP contribution in [0.15, 0.2) is 48.2 Å². The molecule has 0 saturated heterocycles. The zero-order chi connectivity index (χ0) is 15.7. The van der Waals surface area contributed by atoms with Gasteiger partial charge in [-0.25, -0.2) is 0 Å². The molecule has 0 aromatic heterocycles. The normalized spacial score (nSPS) is 14.7. The maximum absolute atomic E-state index is 12.3.